The number of aromatic nitrogens is 2. The number of rotatable bonds is 8. The number of alkyl halides is 1. The topological polar surface area (TPSA) is 116 Å². The highest BCUT2D eigenvalue weighted by Gasteiger charge is 2.19. The van der Waals surface area contributed by atoms with Gasteiger partial charge in [-0.3, -0.25) is 9.78 Å². The fraction of sp³-hybridized carbons (Fsp3) is 0.190. The lowest BCUT2D eigenvalue weighted by molar-refractivity contribution is 0.102. The number of nitrogens with one attached hydrogen (secondary N) is 1. The van der Waals surface area contributed by atoms with Gasteiger partial charge >= 0.3 is 0 Å². The Bertz CT molecular complexity index is 1060. The van der Waals surface area contributed by atoms with Gasteiger partial charge in [-0.1, -0.05) is 6.07 Å². The summed E-state index contributed by atoms with van der Waals surface area (Å²) in [7, 11) is 0. The highest BCUT2D eigenvalue weighted by atomic mass is 35.5. The van der Waals surface area contributed by atoms with Gasteiger partial charge in [0, 0.05) is 24.1 Å². The first kappa shape index (κ1) is 22.4. The third-order valence-electron chi connectivity index (χ3n) is 4.42. The molecule has 3 aromatic rings. The molecule has 0 saturated carbocycles. The van der Waals surface area contributed by atoms with E-state index < -0.39 is 17.5 Å². The Balaban J connectivity index is 1.86. The third kappa shape index (κ3) is 5.25. The molecule has 2 heterocycles. The number of nitrogens with two attached hydrogens (primary N) is 2. The molecule has 1 amide bonds. The number of pyridine rings is 2. The molecule has 7 nitrogen and oxygen atoms in total. The molecule has 0 radical (unpaired) electrons. The maximum Gasteiger partial charge on any atom is 0.276 e. The Morgan fingerprint density at radius 2 is 1.94 bits per heavy atom. The predicted molar refractivity (Wildman–Crippen MR) is 115 cm³/mol. The van der Waals surface area contributed by atoms with Crippen molar-refractivity contribution in [3.05, 3.63) is 66.1 Å². The van der Waals surface area contributed by atoms with Gasteiger partial charge in [0.2, 0.25) is 0 Å². The van der Waals surface area contributed by atoms with Crippen LogP contribution < -0.4 is 21.5 Å². The SMILES string of the molecule is NCC(CCl)COc1ccncc1NC(=O)c1nc(-c2c(F)cccc2F)ccc1N. The summed E-state index contributed by atoms with van der Waals surface area (Å²) in [5, 5.41) is 2.61. The molecule has 0 spiro atoms. The van der Waals surface area contributed by atoms with Gasteiger partial charge in [0.25, 0.3) is 5.91 Å². The molecule has 1 aromatic carbocycles. The zero-order valence-corrected chi connectivity index (χ0v) is 17.1. The number of anilines is 2. The zero-order chi connectivity index (χ0) is 22.4. The summed E-state index contributed by atoms with van der Waals surface area (Å²) >= 11 is 5.83. The first-order valence-electron chi connectivity index (χ1n) is 9.29. The summed E-state index contributed by atoms with van der Waals surface area (Å²) in [5.41, 5.74) is 11.2. The Morgan fingerprint density at radius 3 is 2.61 bits per heavy atom. The Kier molecular flexibility index (Phi) is 7.32. The number of carbonyl (C=O) groups is 1. The van der Waals surface area contributed by atoms with Crippen molar-refractivity contribution in [1.82, 2.24) is 9.97 Å². The van der Waals surface area contributed by atoms with Crippen LogP contribution in [0.3, 0.4) is 0 Å². The van der Waals surface area contributed by atoms with Crippen molar-refractivity contribution in [3.8, 4) is 17.0 Å². The number of hydrogen-bond acceptors (Lipinski definition) is 6. The Labute approximate surface area is 182 Å². The summed E-state index contributed by atoms with van der Waals surface area (Å²) in [6.45, 7) is 0.589. The van der Waals surface area contributed by atoms with Crippen molar-refractivity contribution in [3.63, 3.8) is 0 Å². The Morgan fingerprint density at radius 1 is 1.19 bits per heavy atom. The fourth-order valence-corrected chi connectivity index (χ4v) is 2.91. The predicted octanol–water partition coefficient (Wildman–Crippen LogP) is 3.45. The van der Waals surface area contributed by atoms with E-state index in [1.165, 1.54) is 30.6 Å². The van der Waals surface area contributed by atoms with E-state index in [9.17, 15) is 13.6 Å². The van der Waals surface area contributed by atoms with Crippen LogP contribution in [0.15, 0.2) is 48.8 Å². The number of nitrogens with zero attached hydrogens (tertiary/aromatic N) is 2. The minimum absolute atomic E-state index is 0.0368. The van der Waals surface area contributed by atoms with Crippen LogP contribution in [0.5, 0.6) is 5.75 Å². The van der Waals surface area contributed by atoms with Gasteiger partial charge in [0.15, 0.2) is 5.69 Å². The second-order valence-corrected chi connectivity index (χ2v) is 6.93. The number of halogens is 3. The lowest BCUT2D eigenvalue weighted by atomic mass is 10.1. The van der Waals surface area contributed by atoms with E-state index in [1.54, 1.807) is 6.07 Å². The van der Waals surface area contributed by atoms with Gasteiger partial charge in [-0.2, -0.15) is 0 Å². The second-order valence-electron chi connectivity index (χ2n) is 6.62. The molecule has 31 heavy (non-hydrogen) atoms. The van der Waals surface area contributed by atoms with Gasteiger partial charge in [0.1, 0.15) is 23.1 Å². The smallest absolute Gasteiger partial charge is 0.276 e. The minimum Gasteiger partial charge on any atom is -0.491 e. The molecule has 0 aliphatic rings. The van der Waals surface area contributed by atoms with Crippen LogP contribution in [0.25, 0.3) is 11.3 Å². The number of carbonyl (C=O) groups excluding carboxylic acids is 1. The molecule has 0 aliphatic heterocycles. The maximum absolute atomic E-state index is 14.1. The van der Waals surface area contributed by atoms with Crippen molar-refractivity contribution < 1.29 is 18.3 Å². The standard InChI is InChI=1S/C21H20ClF2N5O2/c22-8-12(9-25)11-31-18-6-7-27-10-17(18)29-21(30)20-15(26)4-5-16(28-20)19-13(23)2-1-3-14(19)24/h1-7,10,12H,8-9,11,25-26H2,(H,29,30). The molecule has 162 valence electrons. The molecule has 1 atom stereocenters. The van der Waals surface area contributed by atoms with Gasteiger partial charge in [-0.25, -0.2) is 13.8 Å². The number of amides is 1. The fourth-order valence-electron chi connectivity index (χ4n) is 2.70. The van der Waals surface area contributed by atoms with Crippen molar-refractivity contribution >= 4 is 28.9 Å². The monoisotopic (exact) mass is 447 g/mol. The summed E-state index contributed by atoms with van der Waals surface area (Å²) in [5.74, 6) is -1.70. The van der Waals surface area contributed by atoms with Crippen LogP contribution in [0.4, 0.5) is 20.2 Å². The second kappa shape index (κ2) is 10.1. The van der Waals surface area contributed by atoms with E-state index in [1.807, 2.05) is 0 Å². The van der Waals surface area contributed by atoms with E-state index >= 15 is 0 Å². The van der Waals surface area contributed by atoms with Crippen LogP contribution in [-0.2, 0) is 0 Å². The van der Waals surface area contributed by atoms with E-state index in [2.05, 4.69) is 15.3 Å². The molecular weight excluding hydrogens is 428 g/mol. The number of benzene rings is 1. The van der Waals surface area contributed by atoms with Gasteiger partial charge < -0.3 is 21.5 Å². The molecule has 5 N–H and O–H groups in total. The summed E-state index contributed by atoms with van der Waals surface area (Å²) in [4.78, 5) is 20.9. The zero-order valence-electron chi connectivity index (χ0n) is 16.3. The van der Waals surface area contributed by atoms with E-state index in [0.29, 0.717) is 18.2 Å². The summed E-state index contributed by atoms with van der Waals surface area (Å²) < 4.78 is 33.9. The number of nitrogen functional groups attached to an aromatic ring is 1. The van der Waals surface area contributed by atoms with Gasteiger partial charge in [-0.05, 0) is 30.8 Å². The molecule has 10 heteroatoms. The molecule has 0 bridgehead atoms. The largest absolute Gasteiger partial charge is 0.491 e. The first-order chi connectivity index (χ1) is 14.9. The molecule has 0 fully saturated rings. The molecule has 1 unspecified atom stereocenters. The van der Waals surface area contributed by atoms with E-state index in [4.69, 9.17) is 27.8 Å². The van der Waals surface area contributed by atoms with Crippen LogP contribution >= 0.6 is 11.6 Å². The molecular formula is C21H20ClF2N5O2. The van der Waals surface area contributed by atoms with Crippen molar-refractivity contribution in [2.45, 2.75) is 0 Å². The number of ether oxygens (including phenoxy) is 1. The van der Waals surface area contributed by atoms with Crippen LogP contribution in [0, 0.1) is 17.6 Å². The normalized spacial score (nSPS) is 11.7. The van der Waals surface area contributed by atoms with Crippen LogP contribution in [-0.4, -0.2) is 34.9 Å². The molecule has 0 aliphatic carbocycles. The van der Waals surface area contributed by atoms with Crippen molar-refractivity contribution in [2.24, 2.45) is 11.7 Å². The van der Waals surface area contributed by atoms with E-state index in [-0.39, 0.29) is 40.9 Å². The molecule has 0 saturated heterocycles. The van der Waals surface area contributed by atoms with E-state index in [0.717, 1.165) is 12.1 Å². The van der Waals surface area contributed by atoms with Crippen LogP contribution in [0.2, 0.25) is 0 Å². The van der Waals surface area contributed by atoms with Crippen molar-refractivity contribution in [2.75, 3.05) is 30.1 Å². The number of hydrogen-bond donors (Lipinski definition) is 3. The highest BCUT2D eigenvalue weighted by molar-refractivity contribution is 6.18. The molecule has 2 aromatic heterocycles. The van der Waals surface area contributed by atoms with Gasteiger partial charge in [0.05, 0.1) is 29.7 Å². The van der Waals surface area contributed by atoms with Gasteiger partial charge in [-0.15, -0.1) is 11.6 Å². The average Bonchev–Trinajstić information content (AvgIpc) is 2.76. The summed E-state index contributed by atoms with van der Waals surface area (Å²) in [6.07, 6.45) is 2.89. The lowest BCUT2D eigenvalue weighted by Gasteiger charge is -2.16. The quantitative estimate of drug-likeness (QED) is 0.455. The first-order valence-corrected chi connectivity index (χ1v) is 9.83. The summed E-state index contributed by atoms with van der Waals surface area (Å²) in [6, 6.07) is 7.71. The molecule has 3 rings (SSSR count). The maximum atomic E-state index is 14.1. The lowest BCUT2D eigenvalue weighted by Crippen LogP contribution is -2.23. The Hall–Kier alpha value is -3.30. The third-order valence-corrected chi connectivity index (χ3v) is 4.85. The average molecular weight is 448 g/mol. The minimum atomic E-state index is -0.805. The van der Waals surface area contributed by atoms with Crippen molar-refractivity contribution in [1.29, 1.82) is 0 Å². The highest BCUT2D eigenvalue weighted by Crippen LogP contribution is 2.28. The van der Waals surface area contributed by atoms with Crippen LogP contribution in [0.1, 0.15) is 10.5 Å².